The Balaban J connectivity index is 2.79. The molecule has 88 valence electrons. The predicted molar refractivity (Wildman–Crippen MR) is 58.4 cm³/mol. The van der Waals surface area contributed by atoms with Crippen molar-refractivity contribution in [1.82, 2.24) is 5.32 Å². The second kappa shape index (κ2) is 6.09. The van der Waals surface area contributed by atoms with Gasteiger partial charge in [-0.1, -0.05) is 12.1 Å². The molecule has 0 aliphatic heterocycles. The molecular weight excluding hydrogens is 210 g/mol. The van der Waals surface area contributed by atoms with E-state index < -0.39 is 6.04 Å². The number of nitrogens with one attached hydrogen (secondary N) is 1. The van der Waals surface area contributed by atoms with Crippen molar-refractivity contribution >= 4 is 5.91 Å². The van der Waals surface area contributed by atoms with Crippen LogP contribution in [0.4, 0.5) is 0 Å². The lowest BCUT2D eigenvalue weighted by molar-refractivity contribution is 0.0876. The first-order valence-corrected chi connectivity index (χ1v) is 4.88. The minimum Gasteiger partial charge on any atom is -0.496 e. The fraction of sp³-hybridized carbons (Fsp3) is 0.364. The van der Waals surface area contributed by atoms with E-state index in [1.807, 2.05) is 0 Å². The van der Waals surface area contributed by atoms with E-state index in [9.17, 15) is 4.79 Å². The van der Waals surface area contributed by atoms with Gasteiger partial charge < -0.3 is 20.3 Å². The number of hydrogen-bond acceptors (Lipinski definition) is 4. The first kappa shape index (κ1) is 12.5. The molecule has 0 unspecified atom stereocenters. The molecule has 0 saturated carbocycles. The normalized spacial score (nSPS) is 10.2. The Bertz CT molecular complexity index is 350. The van der Waals surface area contributed by atoms with E-state index in [1.165, 1.54) is 7.11 Å². The van der Waals surface area contributed by atoms with Crippen molar-refractivity contribution in [2.24, 2.45) is 0 Å². The molecule has 0 saturated heterocycles. The van der Waals surface area contributed by atoms with Crippen molar-refractivity contribution in [3.8, 4) is 5.75 Å². The SMILES string of the molecule is COc1ccccc1C(=O)NC(CO)CO. The zero-order chi connectivity index (χ0) is 12.0. The van der Waals surface area contributed by atoms with Crippen molar-refractivity contribution in [2.45, 2.75) is 6.04 Å². The molecule has 0 atom stereocenters. The molecule has 1 rings (SSSR count). The molecule has 0 aliphatic carbocycles. The highest BCUT2D eigenvalue weighted by molar-refractivity contribution is 5.97. The van der Waals surface area contributed by atoms with Gasteiger partial charge in [-0.15, -0.1) is 0 Å². The predicted octanol–water partition coefficient (Wildman–Crippen LogP) is -0.222. The van der Waals surface area contributed by atoms with Gasteiger partial charge in [0, 0.05) is 0 Å². The number of methoxy groups -OCH3 is 1. The van der Waals surface area contributed by atoms with Gasteiger partial charge >= 0.3 is 0 Å². The summed E-state index contributed by atoms with van der Waals surface area (Å²) in [6.45, 7) is -0.616. The van der Waals surface area contributed by atoms with Gasteiger partial charge in [-0.25, -0.2) is 0 Å². The molecule has 0 fully saturated rings. The van der Waals surface area contributed by atoms with E-state index in [-0.39, 0.29) is 19.1 Å². The minimum atomic E-state index is -0.655. The first-order valence-electron chi connectivity index (χ1n) is 4.88. The number of rotatable bonds is 5. The maximum atomic E-state index is 11.7. The number of amides is 1. The van der Waals surface area contributed by atoms with Gasteiger partial charge in [-0.2, -0.15) is 0 Å². The molecule has 5 nitrogen and oxygen atoms in total. The van der Waals surface area contributed by atoms with Crippen LogP contribution in [-0.2, 0) is 0 Å². The van der Waals surface area contributed by atoms with Gasteiger partial charge in [0.25, 0.3) is 5.91 Å². The minimum absolute atomic E-state index is 0.308. The number of aliphatic hydroxyl groups excluding tert-OH is 2. The van der Waals surface area contributed by atoms with E-state index in [2.05, 4.69) is 5.32 Å². The molecule has 1 amide bonds. The number of benzene rings is 1. The monoisotopic (exact) mass is 225 g/mol. The van der Waals surface area contributed by atoms with E-state index in [0.29, 0.717) is 11.3 Å². The van der Waals surface area contributed by atoms with Crippen LogP contribution in [0.3, 0.4) is 0 Å². The topological polar surface area (TPSA) is 78.8 Å². The lowest BCUT2D eigenvalue weighted by atomic mass is 10.1. The Labute approximate surface area is 93.7 Å². The van der Waals surface area contributed by atoms with Gasteiger partial charge in [0.2, 0.25) is 0 Å². The number of aliphatic hydroxyl groups is 2. The molecule has 0 radical (unpaired) electrons. The third-order valence-corrected chi connectivity index (χ3v) is 2.13. The number of hydrogen-bond donors (Lipinski definition) is 3. The fourth-order valence-corrected chi connectivity index (χ4v) is 1.24. The lowest BCUT2D eigenvalue weighted by Gasteiger charge is -2.14. The van der Waals surface area contributed by atoms with Crippen LogP contribution in [0, 0.1) is 0 Å². The molecule has 0 aliphatic rings. The second-order valence-corrected chi connectivity index (χ2v) is 3.24. The summed E-state index contributed by atoms with van der Waals surface area (Å²) in [5.41, 5.74) is 0.372. The van der Waals surface area contributed by atoms with E-state index >= 15 is 0 Å². The summed E-state index contributed by atoms with van der Waals surface area (Å²) in [6.07, 6.45) is 0. The van der Waals surface area contributed by atoms with Gasteiger partial charge in [-0.3, -0.25) is 4.79 Å². The third kappa shape index (κ3) is 2.95. The summed E-state index contributed by atoms with van der Waals surface area (Å²) in [7, 11) is 1.47. The molecule has 0 heterocycles. The zero-order valence-electron chi connectivity index (χ0n) is 9.01. The summed E-state index contributed by atoms with van der Waals surface area (Å²) in [4.78, 5) is 11.7. The van der Waals surface area contributed by atoms with Gasteiger partial charge in [0.15, 0.2) is 0 Å². The standard InChI is InChI=1S/C11H15NO4/c1-16-10-5-3-2-4-9(10)11(15)12-8(6-13)7-14/h2-5,8,13-14H,6-7H2,1H3,(H,12,15). The van der Waals surface area contributed by atoms with E-state index in [4.69, 9.17) is 14.9 Å². The molecule has 0 aromatic heterocycles. The first-order chi connectivity index (χ1) is 7.72. The van der Waals surface area contributed by atoms with Crippen LogP contribution in [0.2, 0.25) is 0 Å². The van der Waals surface area contributed by atoms with Crippen LogP contribution in [0.1, 0.15) is 10.4 Å². The van der Waals surface area contributed by atoms with Crippen molar-refractivity contribution in [3.05, 3.63) is 29.8 Å². The van der Waals surface area contributed by atoms with Crippen molar-refractivity contribution in [2.75, 3.05) is 20.3 Å². The van der Waals surface area contributed by atoms with Gasteiger partial charge in [0.1, 0.15) is 5.75 Å². The quantitative estimate of drug-likeness (QED) is 0.647. The summed E-state index contributed by atoms with van der Waals surface area (Å²) in [6, 6.07) is 6.09. The van der Waals surface area contributed by atoms with Gasteiger partial charge in [0.05, 0.1) is 31.9 Å². The van der Waals surface area contributed by atoms with Crippen LogP contribution < -0.4 is 10.1 Å². The molecule has 1 aromatic rings. The Hall–Kier alpha value is -1.59. The average molecular weight is 225 g/mol. The molecule has 0 spiro atoms. The van der Waals surface area contributed by atoms with Crippen molar-refractivity contribution < 1.29 is 19.7 Å². The van der Waals surface area contributed by atoms with Crippen molar-refractivity contribution in [3.63, 3.8) is 0 Å². The largest absolute Gasteiger partial charge is 0.496 e. The molecule has 16 heavy (non-hydrogen) atoms. The van der Waals surface area contributed by atoms with Crippen LogP contribution in [0.25, 0.3) is 0 Å². The summed E-state index contributed by atoms with van der Waals surface area (Å²) in [5.74, 6) is 0.0696. The third-order valence-electron chi connectivity index (χ3n) is 2.13. The van der Waals surface area contributed by atoms with E-state index in [0.717, 1.165) is 0 Å². The van der Waals surface area contributed by atoms with Crippen LogP contribution in [0.15, 0.2) is 24.3 Å². The number of para-hydroxylation sites is 1. The number of carbonyl (C=O) groups is 1. The summed E-state index contributed by atoms with van der Waals surface area (Å²) >= 11 is 0. The summed E-state index contributed by atoms with van der Waals surface area (Å²) < 4.78 is 5.03. The van der Waals surface area contributed by atoms with Crippen LogP contribution in [-0.4, -0.2) is 42.5 Å². The molecular formula is C11H15NO4. The Morgan fingerprint density at radius 2 is 2.00 bits per heavy atom. The maximum absolute atomic E-state index is 11.7. The summed E-state index contributed by atoms with van der Waals surface area (Å²) in [5, 5.41) is 20.2. The highest BCUT2D eigenvalue weighted by Crippen LogP contribution is 2.16. The van der Waals surface area contributed by atoms with Crippen LogP contribution >= 0.6 is 0 Å². The smallest absolute Gasteiger partial charge is 0.255 e. The molecule has 5 heteroatoms. The molecule has 1 aromatic carbocycles. The molecule has 0 bridgehead atoms. The second-order valence-electron chi connectivity index (χ2n) is 3.24. The number of ether oxygens (including phenoxy) is 1. The lowest BCUT2D eigenvalue weighted by Crippen LogP contribution is -2.40. The van der Waals surface area contributed by atoms with Crippen molar-refractivity contribution in [1.29, 1.82) is 0 Å². The van der Waals surface area contributed by atoms with Crippen LogP contribution in [0.5, 0.6) is 5.75 Å². The highest BCUT2D eigenvalue weighted by atomic mass is 16.5. The Morgan fingerprint density at radius 3 is 2.56 bits per heavy atom. The highest BCUT2D eigenvalue weighted by Gasteiger charge is 2.15. The van der Waals surface area contributed by atoms with Gasteiger partial charge in [-0.05, 0) is 12.1 Å². The van der Waals surface area contributed by atoms with E-state index in [1.54, 1.807) is 24.3 Å². The zero-order valence-corrected chi connectivity index (χ0v) is 9.01. The Kier molecular flexibility index (Phi) is 4.75. The fourth-order valence-electron chi connectivity index (χ4n) is 1.24. The number of carbonyl (C=O) groups excluding carboxylic acids is 1. The average Bonchev–Trinajstić information content (AvgIpc) is 2.35. The maximum Gasteiger partial charge on any atom is 0.255 e. The molecule has 3 N–H and O–H groups in total. The Morgan fingerprint density at radius 1 is 1.38 bits per heavy atom.